The Bertz CT molecular complexity index is 419. The van der Waals surface area contributed by atoms with E-state index in [2.05, 4.69) is 18.3 Å². The van der Waals surface area contributed by atoms with E-state index in [9.17, 15) is 0 Å². The first-order valence-electron chi connectivity index (χ1n) is 6.48. The Morgan fingerprint density at radius 3 is 2.76 bits per heavy atom. The number of hydrogen-bond donors (Lipinski definition) is 1. The molecule has 0 saturated heterocycles. The summed E-state index contributed by atoms with van der Waals surface area (Å²) in [5.41, 5.74) is 3.20. The van der Waals surface area contributed by atoms with Crippen LogP contribution in [0.4, 0.5) is 0 Å². The average molecular weight is 231 g/mol. The molecule has 2 rings (SSSR count). The zero-order chi connectivity index (χ0) is 12.3. The van der Waals surface area contributed by atoms with Crippen molar-refractivity contribution in [1.29, 1.82) is 5.26 Å². The number of aromatic nitrogens is 1. The average Bonchev–Trinajstić information content (AvgIpc) is 2.92. The third-order valence-electron chi connectivity index (χ3n) is 3.98. The third-order valence-corrected chi connectivity index (χ3v) is 3.98. The molecule has 0 atom stereocenters. The topological polar surface area (TPSA) is 40.8 Å². The summed E-state index contributed by atoms with van der Waals surface area (Å²) in [4.78, 5) is 0. The minimum atomic E-state index is 0.750. The molecule has 0 radical (unpaired) electrons. The van der Waals surface area contributed by atoms with Crippen molar-refractivity contribution in [1.82, 2.24) is 9.88 Å². The number of rotatable bonds is 4. The van der Waals surface area contributed by atoms with E-state index in [1.807, 2.05) is 17.7 Å². The van der Waals surface area contributed by atoms with Gasteiger partial charge in [-0.3, -0.25) is 0 Å². The molecule has 1 aromatic rings. The fourth-order valence-corrected chi connectivity index (χ4v) is 2.67. The largest absolute Gasteiger partial charge is 0.340 e. The molecule has 3 heteroatoms. The van der Waals surface area contributed by atoms with Crippen LogP contribution in [0.5, 0.6) is 0 Å². The number of nitrogens with zero attached hydrogens (tertiary/aromatic N) is 2. The van der Waals surface area contributed by atoms with Crippen LogP contribution in [0, 0.1) is 24.2 Å². The molecule has 0 aromatic carbocycles. The number of nitriles is 1. The maximum Gasteiger partial charge on any atom is 0.120 e. The van der Waals surface area contributed by atoms with Gasteiger partial charge in [0.15, 0.2) is 0 Å². The van der Waals surface area contributed by atoms with Crippen molar-refractivity contribution in [2.75, 3.05) is 6.54 Å². The fourth-order valence-electron chi connectivity index (χ4n) is 2.67. The van der Waals surface area contributed by atoms with Gasteiger partial charge < -0.3 is 9.88 Å². The molecule has 0 spiro atoms. The summed E-state index contributed by atoms with van der Waals surface area (Å²) in [6.45, 7) is 4.08. The SMILES string of the molecule is Cc1c(CNCC2CCCC2)cc(C#N)n1C. The molecule has 0 aliphatic heterocycles. The number of hydrogen-bond acceptors (Lipinski definition) is 2. The lowest BCUT2D eigenvalue weighted by atomic mass is 10.1. The Hall–Kier alpha value is -1.27. The molecule has 0 amide bonds. The summed E-state index contributed by atoms with van der Waals surface area (Å²) in [5.74, 6) is 0.870. The van der Waals surface area contributed by atoms with Gasteiger partial charge in [-0.2, -0.15) is 5.26 Å². The molecule has 0 unspecified atom stereocenters. The lowest BCUT2D eigenvalue weighted by Gasteiger charge is -2.10. The van der Waals surface area contributed by atoms with Crippen LogP contribution < -0.4 is 5.32 Å². The first kappa shape index (κ1) is 12.2. The van der Waals surface area contributed by atoms with Crippen LogP contribution in [0.2, 0.25) is 0 Å². The van der Waals surface area contributed by atoms with Gasteiger partial charge in [0, 0.05) is 19.3 Å². The maximum absolute atomic E-state index is 8.96. The van der Waals surface area contributed by atoms with Crippen LogP contribution >= 0.6 is 0 Å². The van der Waals surface area contributed by atoms with Gasteiger partial charge >= 0.3 is 0 Å². The van der Waals surface area contributed by atoms with Gasteiger partial charge in [0.1, 0.15) is 11.8 Å². The van der Waals surface area contributed by atoms with E-state index in [4.69, 9.17) is 5.26 Å². The smallest absolute Gasteiger partial charge is 0.120 e. The second-order valence-corrected chi connectivity index (χ2v) is 5.09. The van der Waals surface area contributed by atoms with Gasteiger partial charge in [-0.05, 0) is 43.9 Å². The highest BCUT2D eigenvalue weighted by Gasteiger charge is 2.14. The standard InChI is InChI=1S/C14H21N3/c1-11-13(7-14(8-15)17(11)2)10-16-9-12-5-3-4-6-12/h7,12,16H,3-6,9-10H2,1-2H3. The summed E-state index contributed by atoms with van der Waals surface area (Å²) in [6.07, 6.45) is 5.55. The maximum atomic E-state index is 8.96. The summed E-state index contributed by atoms with van der Waals surface area (Å²) in [5, 5.41) is 12.5. The third kappa shape index (κ3) is 2.70. The van der Waals surface area contributed by atoms with Gasteiger partial charge in [-0.15, -0.1) is 0 Å². The van der Waals surface area contributed by atoms with Gasteiger partial charge in [0.05, 0.1) is 0 Å². The normalized spacial score (nSPS) is 16.3. The van der Waals surface area contributed by atoms with E-state index in [1.54, 1.807) is 0 Å². The Kier molecular flexibility index (Phi) is 3.86. The molecule has 1 aliphatic carbocycles. The van der Waals surface area contributed by atoms with Crippen LogP contribution in [-0.4, -0.2) is 11.1 Å². The molecule has 0 bridgehead atoms. The van der Waals surface area contributed by atoms with Crippen LogP contribution in [0.1, 0.15) is 42.6 Å². The Labute approximate surface area is 103 Å². The molecular weight excluding hydrogens is 210 g/mol. The van der Waals surface area contributed by atoms with Crippen LogP contribution in [-0.2, 0) is 13.6 Å². The highest BCUT2D eigenvalue weighted by molar-refractivity contribution is 5.33. The van der Waals surface area contributed by atoms with Crippen LogP contribution in [0.3, 0.4) is 0 Å². The minimum Gasteiger partial charge on any atom is -0.340 e. The highest BCUT2D eigenvalue weighted by Crippen LogP contribution is 2.24. The molecule has 17 heavy (non-hydrogen) atoms. The second kappa shape index (κ2) is 5.37. The van der Waals surface area contributed by atoms with Crippen molar-refractivity contribution in [3.63, 3.8) is 0 Å². The Morgan fingerprint density at radius 2 is 2.18 bits per heavy atom. The predicted molar refractivity (Wildman–Crippen MR) is 68.5 cm³/mol. The molecule has 1 N–H and O–H groups in total. The zero-order valence-corrected chi connectivity index (χ0v) is 10.8. The van der Waals surface area contributed by atoms with E-state index in [-0.39, 0.29) is 0 Å². The van der Waals surface area contributed by atoms with E-state index < -0.39 is 0 Å². The molecule has 1 aliphatic rings. The van der Waals surface area contributed by atoms with Crippen molar-refractivity contribution >= 4 is 0 Å². The molecular formula is C14H21N3. The van der Waals surface area contributed by atoms with Crippen molar-refractivity contribution in [3.05, 3.63) is 23.0 Å². The van der Waals surface area contributed by atoms with Gasteiger partial charge in [0.25, 0.3) is 0 Å². The Morgan fingerprint density at radius 1 is 1.47 bits per heavy atom. The van der Waals surface area contributed by atoms with Gasteiger partial charge in [-0.25, -0.2) is 0 Å². The summed E-state index contributed by atoms with van der Waals surface area (Å²) < 4.78 is 1.96. The number of nitrogens with one attached hydrogen (secondary N) is 1. The van der Waals surface area contributed by atoms with Crippen LogP contribution in [0.25, 0.3) is 0 Å². The van der Waals surface area contributed by atoms with Gasteiger partial charge in [-0.1, -0.05) is 12.8 Å². The minimum absolute atomic E-state index is 0.750. The van der Waals surface area contributed by atoms with Crippen molar-refractivity contribution in [3.8, 4) is 6.07 Å². The lowest BCUT2D eigenvalue weighted by molar-refractivity contribution is 0.489. The molecule has 1 heterocycles. The lowest BCUT2D eigenvalue weighted by Crippen LogP contribution is -2.20. The molecule has 3 nitrogen and oxygen atoms in total. The van der Waals surface area contributed by atoms with Crippen LogP contribution in [0.15, 0.2) is 6.07 Å². The van der Waals surface area contributed by atoms with Crippen molar-refractivity contribution in [2.24, 2.45) is 13.0 Å². The summed E-state index contributed by atoms with van der Waals surface area (Å²) in [7, 11) is 1.95. The quantitative estimate of drug-likeness (QED) is 0.865. The zero-order valence-electron chi connectivity index (χ0n) is 10.8. The molecule has 92 valence electrons. The molecule has 1 fully saturated rings. The van der Waals surface area contributed by atoms with E-state index in [0.717, 1.165) is 24.7 Å². The monoisotopic (exact) mass is 231 g/mol. The van der Waals surface area contributed by atoms with Crippen molar-refractivity contribution < 1.29 is 0 Å². The predicted octanol–water partition coefficient (Wildman–Crippen LogP) is 2.49. The van der Waals surface area contributed by atoms with E-state index >= 15 is 0 Å². The second-order valence-electron chi connectivity index (χ2n) is 5.09. The van der Waals surface area contributed by atoms with E-state index in [1.165, 1.54) is 36.9 Å². The fraction of sp³-hybridized carbons (Fsp3) is 0.643. The summed E-state index contributed by atoms with van der Waals surface area (Å²) in [6, 6.07) is 4.22. The highest BCUT2D eigenvalue weighted by atomic mass is 15.0. The summed E-state index contributed by atoms with van der Waals surface area (Å²) >= 11 is 0. The molecule has 1 saturated carbocycles. The molecule has 1 aromatic heterocycles. The first-order chi connectivity index (χ1) is 8.22. The van der Waals surface area contributed by atoms with E-state index in [0.29, 0.717) is 0 Å². The van der Waals surface area contributed by atoms with Gasteiger partial charge in [0.2, 0.25) is 0 Å². The first-order valence-corrected chi connectivity index (χ1v) is 6.48. The Balaban J connectivity index is 1.88. The van der Waals surface area contributed by atoms with Crippen molar-refractivity contribution in [2.45, 2.75) is 39.2 Å².